The molecule has 5 nitrogen and oxygen atoms in total. The third-order valence-electron chi connectivity index (χ3n) is 1.43. The van der Waals surface area contributed by atoms with E-state index in [2.05, 4.69) is 10.6 Å². The molecule has 1 rings (SSSR count). The highest BCUT2D eigenvalue weighted by molar-refractivity contribution is 6.13. The van der Waals surface area contributed by atoms with E-state index < -0.39 is 0 Å². The Bertz CT molecular complexity index is 235. The van der Waals surface area contributed by atoms with Gasteiger partial charge in [-0.05, 0) is 0 Å². The third-order valence-corrected chi connectivity index (χ3v) is 1.43. The molecule has 0 saturated carbocycles. The molecule has 5 heteroatoms. The van der Waals surface area contributed by atoms with Crippen LogP contribution >= 0.6 is 0 Å². The van der Waals surface area contributed by atoms with Crippen LogP contribution in [0, 0.1) is 0 Å². The van der Waals surface area contributed by atoms with Crippen molar-refractivity contribution in [3.63, 3.8) is 0 Å². The van der Waals surface area contributed by atoms with Gasteiger partial charge in [-0.3, -0.25) is 14.9 Å². The number of imide groups is 1. The number of hydrogen-bond donors (Lipinski definition) is 3. The second kappa shape index (κ2) is 3.87. The van der Waals surface area contributed by atoms with Gasteiger partial charge >= 0.3 is 0 Å². The van der Waals surface area contributed by atoms with Crippen molar-refractivity contribution >= 4 is 11.8 Å². The van der Waals surface area contributed by atoms with Gasteiger partial charge in [-0.25, -0.2) is 0 Å². The summed E-state index contributed by atoms with van der Waals surface area (Å²) in [4.78, 5) is 21.5. The molecule has 0 aromatic carbocycles. The van der Waals surface area contributed by atoms with E-state index in [0.29, 0.717) is 12.1 Å². The van der Waals surface area contributed by atoms with Gasteiger partial charge in [0.25, 0.3) is 5.91 Å². The van der Waals surface area contributed by atoms with E-state index in [4.69, 9.17) is 5.11 Å². The predicted molar refractivity (Wildman–Crippen MR) is 40.9 cm³/mol. The number of aliphatic hydroxyl groups excluding tert-OH is 1. The molecule has 1 aliphatic rings. The Balaban J connectivity index is 2.46. The second-order valence-corrected chi connectivity index (χ2v) is 2.40. The molecule has 0 radical (unpaired) electrons. The van der Waals surface area contributed by atoms with Gasteiger partial charge in [0.05, 0.1) is 13.0 Å². The number of carbonyl (C=O) groups is 2. The second-order valence-electron chi connectivity index (χ2n) is 2.40. The zero-order chi connectivity index (χ0) is 8.97. The molecule has 3 N–H and O–H groups in total. The largest absolute Gasteiger partial charge is 0.395 e. The number of nitrogens with one attached hydrogen (secondary N) is 2. The summed E-state index contributed by atoms with van der Waals surface area (Å²) in [5, 5.41) is 13.2. The Hall–Kier alpha value is -1.36. The molecular formula is C7H10N2O3. The van der Waals surface area contributed by atoms with Crippen LogP contribution < -0.4 is 10.6 Å². The molecular weight excluding hydrogens is 160 g/mol. The minimum atomic E-state index is -0.356. The lowest BCUT2D eigenvalue weighted by Gasteiger charge is -1.96. The molecule has 2 amide bonds. The van der Waals surface area contributed by atoms with Crippen LogP contribution in [-0.4, -0.2) is 30.1 Å². The first-order chi connectivity index (χ1) is 5.74. The average Bonchev–Trinajstić information content (AvgIpc) is 2.31. The number of rotatable bonds is 3. The number of aliphatic hydroxyl groups is 1. The molecule has 0 aliphatic carbocycles. The topological polar surface area (TPSA) is 78.4 Å². The minimum absolute atomic E-state index is 0.000649. The Kier molecular flexibility index (Phi) is 2.82. The van der Waals surface area contributed by atoms with Gasteiger partial charge in [-0.2, -0.15) is 0 Å². The quantitative estimate of drug-likeness (QED) is 0.273. The van der Waals surface area contributed by atoms with Crippen molar-refractivity contribution in [3.05, 3.63) is 11.8 Å². The molecule has 12 heavy (non-hydrogen) atoms. The van der Waals surface area contributed by atoms with Gasteiger partial charge in [0, 0.05) is 18.3 Å². The van der Waals surface area contributed by atoms with E-state index in [0.717, 1.165) is 0 Å². The number of amides is 2. The Morgan fingerprint density at radius 3 is 2.83 bits per heavy atom. The van der Waals surface area contributed by atoms with Gasteiger partial charge in [0.1, 0.15) is 0 Å². The molecule has 1 saturated heterocycles. The number of carbonyl (C=O) groups excluding carboxylic acids is 2. The van der Waals surface area contributed by atoms with Crippen molar-refractivity contribution in [2.45, 2.75) is 6.42 Å². The molecule has 0 bridgehead atoms. The Labute approximate surface area is 69.5 Å². The summed E-state index contributed by atoms with van der Waals surface area (Å²) in [7, 11) is 0. The zero-order valence-electron chi connectivity index (χ0n) is 6.46. The fourth-order valence-corrected chi connectivity index (χ4v) is 0.881. The molecule has 1 heterocycles. The minimum Gasteiger partial charge on any atom is -0.395 e. The first kappa shape index (κ1) is 8.73. The highest BCUT2D eigenvalue weighted by Gasteiger charge is 2.23. The lowest BCUT2D eigenvalue weighted by atomic mass is 10.2. The molecule has 0 unspecified atom stereocenters. The summed E-state index contributed by atoms with van der Waals surface area (Å²) >= 11 is 0. The highest BCUT2D eigenvalue weighted by atomic mass is 16.3. The van der Waals surface area contributed by atoms with E-state index in [1.807, 2.05) is 0 Å². The van der Waals surface area contributed by atoms with Gasteiger partial charge in [-0.15, -0.1) is 0 Å². The van der Waals surface area contributed by atoms with Crippen LogP contribution in [-0.2, 0) is 9.59 Å². The number of hydrogen-bond acceptors (Lipinski definition) is 4. The van der Waals surface area contributed by atoms with Crippen LogP contribution in [0.4, 0.5) is 0 Å². The summed E-state index contributed by atoms with van der Waals surface area (Å²) in [6, 6.07) is 0. The van der Waals surface area contributed by atoms with Crippen molar-refractivity contribution in [2.75, 3.05) is 13.2 Å². The maximum absolute atomic E-state index is 10.9. The molecule has 0 atom stereocenters. The van der Waals surface area contributed by atoms with Crippen molar-refractivity contribution in [1.29, 1.82) is 0 Å². The highest BCUT2D eigenvalue weighted by Crippen LogP contribution is 2.06. The summed E-state index contributed by atoms with van der Waals surface area (Å²) in [6.45, 7) is 0.379. The fraction of sp³-hybridized carbons (Fsp3) is 0.429. The van der Waals surface area contributed by atoms with Crippen LogP contribution in [0.25, 0.3) is 0 Å². The molecule has 1 aliphatic heterocycles. The maximum Gasteiger partial charge on any atom is 0.255 e. The van der Waals surface area contributed by atoms with Crippen molar-refractivity contribution in [3.8, 4) is 0 Å². The first-order valence-electron chi connectivity index (χ1n) is 3.61. The van der Waals surface area contributed by atoms with Gasteiger partial charge in [0.15, 0.2) is 0 Å². The van der Waals surface area contributed by atoms with Crippen molar-refractivity contribution < 1.29 is 14.7 Å². The molecule has 0 aromatic rings. The van der Waals surface area contributed by atoms with Crippen LogP contribution in [0.1, 0.15) is 6.42 Å². The van der Waals surface area contributed by atoms with Gasteiger partial charge in [-0.1, -0.05) is 0 Å². The summed E-state index contributed by atoms with van der Waals surface area (Å²) in [6.07, 6.45) is 1.58. The summed E-state index contributed by atoms with van der Waals surface area (Å²) < 4.78 is 0. The lowest BCUT2D eigenvalue weighted by Crippen LogP contribution is -2.20. The van der Waals surface area contributed by atoms with E-state index in [9.17, 15) is 9.59 Å². The van der Waals surface area contributed by atoms with E-state index in [1.165, 1.54) is 6.20 Å². The SMILES string of the molecule is O=C1CC(=CNCCO)C(=O)N1. The van der Waals surface area contributed by atoms with E-state index >= 15 is 0 Å². The normalized spacial score (nSPS) is 19.9. The van der Waals surface area contributed by atoms with Crippen LogP contribution in [0.3, 0.4) is 0 Å². The monoisotopic (exact) mass is 170 g/mol. The smallest absolute Gasteiger partial charge is 0.255 e. The molecule has 0 aromatic heterocycles. The predicted octanol–water partition coefficient (Wildman–Crippen LogP) is -1.50. The van der Waals surface area contributed by atoms with Crippen molar-refractivity contribution in [2.24, 2.45) is 0 Å². The standard InChI is InChI=1S/C7H10N2O3/c10-2-1-8-4-5-3-6(11)9-7(5)12/h4,8,10H,1-3H2,(H,9,11,12). The van der Waals surface area contributed by atoms with Crippen molar-refractivity contribution in [1.82, 2.24) is 10.6 Å². The van der Waals surface area contributed by atoms with Crippen LogP contribution in [0.15, 0.2) is 11.8 Å². The molecule has 1 fully saturated rings. The van der Waals surface area contributed by atoms with Crippen LogP contribution in [0.5, 0.6) is 0 Å². The fourth-order valence-electron chi connectivity index (χ4n) is 0.881. The summed E-state index contributed by atoms with van der Waals surface area (Å²) in [5.41, 5.74) is 0.411. The zero-order valence-corrected chi connectivity index (χ0v) is 6.46. The van der Waals surface area contributed by atoms with Gasteiger partial charge < -0.3 is 10.4 Å². The maximum atomic E-state index is 10.9. The average molecular weight is 170 g/mol. The Morgan fingerprint density at radius 2 is 2.33 bits per heavy atom. The lowest BCUT2D eigenvalue weighted by molar-refractivity contribution is -0.124. The summed E-state index contributed by atoms with van der Waals surface area (Å²) in [5.74, 6) is -0.637. The third kappa shape index (κ3) is 2.06. The first-order valence-corrected chi connectivity index (χ1v) is 3.61. The Morgan fingerprint density at radius 1 is 1.58 bits per heavy atom. The molecule has 66 valence electrons. The van der Waals surface area contributed by atoms with Gasteiger partial charge in [0.2, 0.25) is 5.91 Å². The van der Waals surface area contributed by atoms with E-state index in [1.54, 1.807) is 0 Å². The molecule has 0 spiro atoms. The van der Waals surface area contributed by atoms with Crippen LogP contribution in [0.2, 0.25) is 0 Å². The van der Waals surface area contributed by atoms with E-state index in [-0.39, 0.29) is 24.8 Å².